The lowest BCUT2D eigenvalue weighted by atomic mass is 10.1. The molecule has 10 heavy (non-hydrogen) atoms. The second-order valence-electron chi connectivity index (χ2n) is 2.86. The molecule has 1 fully saturated rings. The Hall–Kier alpha value is -0.150. The summed E-state index contributed by atoms with van der Waals surface area (Å²) in [5, 5.41) is 0. The van der Waals surface area contributed by atoms with E-state index in [9.17, 15) is 4.39 Å². The van der Waals surface area contributed by atoms with Gasteiger partial charge in [-0.2, -0.15) is 0 Å². The summed E-state index contributed by atoms with van der Waals surface area (Å²) in [6.45, 7) is 4.65. The molecule has 1 aliphatic heterocycles. The summed E-state index contributed by atoms with van der Waals surface area (Å²) in [5.74, 6) is 0. The molecule has 0 saturated carbocycles. The fourth-order valence-corrected chi connectivity index (χ4v) is 1.31. The molecule has 0 aromatic carbocycles. The third-order valence-electron chi connectivity index (χ3n) is 2.10. The second-order valence-corrected chi connectivity index (χ2v) is 2.86. The van der Waals surface area contributed by atoms with Gasteiger partial charge in [0.05, 0.1) is 0 Å². The van der Waals surface area contributed by atoms with Crippen LogP contribution in [0.5, 0.6) is 0 Å². The summed E-state index contributed by atoms with van der Waals surface area (Å²) < 4.78 is 12.7. The van der Waals surface area contributed by atoms with Gasteiger partial charge < -0.3 is 10.6 Å². The number of piperidine rings is 1. The maximum atomic E-state index is 12.7. The van der Waals surface area contributed by atoms with Crippen molar-refractivity contribution in [1.29, 1.82) is 0 Å². The summed E-state index contributed by atoms with van der Waals surface area (Å²) >= 11 is 0. The number of nitrogens with zero attached hydrogens (tertiary/aromatic N) is 1. The van der Waals surface area contributed by atoms with E-state index in [-0.39, 0.29) is 6.04 Å². The van der Waals surface area contributed by atoms with Gasteiger partial charge in [0.15, 0.2) is 0 Å². The van der Waals surface area contributed by atoms with E-state index in [1.165, 1.54) is 0 Å². The highest BCUT2D eigenvalue weighted by molar-refractivity contribution is 4.82. The van der Waals surface area contributed by atoms with Crippen LogP contribution in [0.4, 0.5) is 4.39 Å². The molecule has 0 spiro atoms. The maximum Gasteiger partial charge on any atom is 0.118 e. The molecule has 0 aromatic heterocycles. The van der Waals surface area contributed by atoms with E-state index >= 15 is 0 Å². The number of hydrogen-bond donors (Lipinski definition) is 1. The fraction of sp³-hybridized carbons (Fsp3) is 1.00. The van der Waals surface area contributed by atoms with Gasteiger partial charge in [0.2, 0.25) is 0 Å². The average molecular weight is 146 g/mol. The standard InChI is InChI=1S/C7H15FN2/c1-2-10-4-3-6(8)7(9)5-10/h6-7H,2-5,9H2,1H3/t6-,7-/m0/s1. The molecule has 1 rings (SSSR count). The molecule has 0 bridgehead atoms. The first kappa shape index (κ1) is 7.95. The van der Waals surface area contributed by atoms with Gasteiger partial charge >= 0.3 is 0 Å². The number of nitrogens with two attached hydrogens (primary N) is 1. The Morgan fingerprint density at radius 2 is 2.40 bits per heavy atom. The fourth-order valence-electron chi connectivity index (χ4n) is 1.31. The van der Waals surface area contributed by atoms with Crippen LogP contribution in [-0.2, 0) is 0 Å². The van der Waals surface area contributed by atoms with E-state index in [0.717, 1.165) is 19.6 Å². The lowest BCUT2D eigenvalue weighted by molar-refractivity contribution is 0.132. The molecular weight excluding hydrogens is 131 g/mol. The summed E-state index contributed by atoms with van der Waals surface area (Å²) in [6, 6.07) is -0.256. The average Bonchev–Trinajstić information content (AvgIpc) is 1.95. The molecule has 1 aliphatic rings. The lowest BCUT2D eigenvalue weighted by Crippen LogP contribution is -2.49. The van der Waals surface area contributed by atoms with Gasteiger partial charge in [-0.05, 0) is 13.0 Å². The van der Waals surface area contributed by atoms with Crippen LogP contribution in [0, 0.1) is 0 Å². The van der Waals surface area contributed by atoms with E-state index in [1.54, 1.807) is 0 Å². The maximum absolute atomic E-state index is 12.7. The van der Waals surface area contributed by atoms with Crippen LogP contribution in [0.15, 0.2) is 0 Å². The van der Waals surface area contributed by atoms with Crippen molar-refractivity contribution in [3.63, 3.8) is 0 Å². The number of alkyl halides is 1. The molecule has 0 aliphatic carbocycles. The first-order valence-electron chi connectivity index (χ1n) is 3.86. The number of hydrogen-bond acceptors (Lipinski definition) is 2. The normalized spacial score (nSPS) is 36.3. The van der Waals surface area contributed by atoms with Crippen LogP contribution in [0.3, 0.4) is 0 Å². The minimum Gasteiger partial charge on any atom is -0.324 e. The Balaban J connectivity index is 2.33. The van der Waals surface area contributed by atoms with Gasteiger partial charge in [0, 0.05) is 19.1 Å². The van der Waals surface area contributed by atoms with Crippen LogP contribution < -0.4 is 5.73 Å². The lowest BCUT2D eigenvalue weighted by Gasteiger charge is -2.31. The summed E-state index contributed by atoms with van der Waals surface area (Å²) in [7, 11) is 0. The predicted molar refractivity (Wildman–Crippen MR) is 39.6 cm³/mol. The quantitative estimate of drug-likeness (QED) is 0.579. The highest BCUT2D eigenvalue weighted by atomic mass is 19.1. The van der Waals surface area contributed by atoms with E-state index in [4.69, 9.17) is 5.73 Å². The topological polar surface area (TPSA) is 29.3 Å². The Kier molecular flexibility index (Phi) is 2.63. The smallest absolute Gasteiger partial charge is 0.118 e. The zero-order valence-corrected chi connectivity index (χ0v) is 6.39. The number of likely N-dealkylation sites (tertiary alicyclic amines) is 1. The Labute approximate surface area is 61.2 Å². The van der Waals surface area contributed by atoms with Gasteiger partial charge in [0.1, 0.15) is 6.17 Å². The van der Waals surface area contributed by atoms with Crippen molar-refractivity contribution >= 4 is 0 Å². The first-order valence-corrected chi connectivity index (χ1v) is 3.86. The molecule has 0 radical (unpaired) electrons. The third-order valence-corrected chi connectivity index (χ3v) is 2.10. The molecule has 2 atom stereocenters. The van der Waals surface area contributed by atoms with Crippen molar-refractivity contribution in [3.05, 3.63) is 0 Å². The van der Waals surface area contributed by atoms with E-state index in [1.807, 2.05) is 0 Å². The Morgan fingerprint density at radius 1 is 1.70 bits per heavy atom. The van der Waals surface area contributed by atoms with Crippen molar-refractivity contribution in [2.24, 2.45) is 5.73 Å². The summed E-state index contributed by atoms with van der Waals surface area (Å²) in [4.78, 5) is 2.18. The van der Waals surface area contributed by atoms with E-state index < -0.39 is 6.17 Å². The van der Waals surface area contributed by atoms with Crippen LogP contribution in [0.2, 0.25) is 0 Å². The number of likely N-dealkylation sites (N-methyl/N-ethyl adjacent to an activating group) is 1. The second kappa shape index (κ2) is 3.30. The highest BCUT2D eigenvalue weighted by Crippen LogP contribution is 2.11. The van der Waals surface area contributed by atoms with E-state index in [2.05, 4.69) is 11.8 Å². The number of rotatable bonds is 1. The number of halogens is 1. The SMILES string of the molecule is CCN1CC[C@H](F)[C@@H](N)C1. The molecule has 2 N–H and O–H groups in total. The van der Waals surface area contributed by atoms with Gasteiger partial charge in [-0.25, -0.2) is 4.39 Å². The van der Waals surface area contributed by atoms with Crippen molar-refractivity contribution in [2.45, 2.75) is 25.6 Å². The minimum atomic E-state index is -0.775. The Bertz CT molecular complexity index is 108. The molecule has 3 heteroatoms. The summed E-state index contributed by atoms with van der Waals surface area (Å²) in [6.07, 6.45) is -0.169. The minimum absolute atomic E-state index is 0.256. The van der Waals surface area contributed by atoms with Crippen molar-refractivity contribution in [2.75, 3.05) is 19.6 Å². The molecule has 0 unspecified atom stereocenters. The van der Waals surface area contributed by atoms with Crippen molar-refractivity contribution in [1.82, 2.24) is 4.90 Å². The van der Waals surface area contributed by atoms with Crippen LogP contribution >= 0.6 is 0 Å². The van der Waals surface area contributed by atoms with Gasteiger partial charge in [-0.15, -0.1) is 0 Å². The van der Waals surface area contributed by atoms with E-state index in [0.29, 0.717) is 6.42 Å². The predicted octanol–water partition coefficient (Wildman–Crippen LogP) is 0.377. The molecule has 0 amide bonds. The molecule has 60 valence electrons. The first-order chi connectivity index (χ1) is 4.74. The Morgan fingerprint density at radius 3 is 2.90 bits per heavy atom. The molecule has 2 nitrogen and oxygen atoms in total. The van der Waals surface area contributed by atoms with Crippen LogP contribution in [-0.4, -0.2) is 36.7 Å². The molecule has 1 heterocycles. The highest BCUT2D eigenvalue weighted by Gasteiger charge is 2.24. The molecule has 0 aromatic rings. The third kappa shape index (κ3) is 1.67. The van der Waals surface area contributed by atoms with Gasteiger partial charge in [-0.3, -0.25) is 0 Å². The van der Waals surface area contributed by atoms with Gasteiger partial charge in [-0.1, -0.05) is 6.92 Å². The van der Waals surface area contributed by atoms with Crippen LogP contribution in [0.25, 0.3) is 0 Å². The zero-order valence-electron chi connectivity index (χ0n) is 6.39. The zero-order chi connectivity index (χ0) is 7.56. The molecular formula is C7H15FN2. The molecule has 1 saturated heterocycles. The van der Waals surface area contributed by atoms with Crippen LogP contribution in [0.1, 0.15) is 13.3 Å². The van der Waals surface area contributed by atoms with Gasteiger partial charge in [0.25, 0.3) is 0 Å². The summed E-state index contributed by atoms with van der Waals surface area (Å²) in [5.41, 5.74) is 5.53. The van der Waals surface area contributed by atoms with Crippen molar-refractivity contribution < 1.29 is 4.39 Å². The monoisotopic (exact) mass is 146 g/mol. The largest absolute Gasteiger partial charge is 0.324 e. The van der Waals surface area contributed by atoms with Crippen molar-refractivity contribution in [3.8, 4) is 0 Å².